The van der Waals surface area contributed by atoms with E-state index >= 15 is 0 Å². The van der Waals surface area contributed by atoms with Crippen LogP contribution < -0.4 is 10.1 Å². The molecule has 0 aliphatic carbocycles. The lowest BCUT2D eigenvalue weighted by Gasteiger charge is -2.18. The van der Waals surface area contributed by atoms with Gasteiger partial charge < -0.3 is 20.3 Å². The van der Waals surface area contributed by atoms with Gasteiger partial charge in [-0.3, -0.25) is 4.79 Å². The predicted molar refractivity (Wildman–Crippen MR) is 106 cm³/mol. The number of carboxylic acid groups (broad SMARTS) is 1. The molecule has 146 valence electrons. The maximum Gasteiger partial charge on any atom is 0.303 e. The molecule has 3 N–H and O–H groups in total. The van der Waals surface area contributed by atoms with E-state index in [1.807, 2.05) is 61.5 Å². The van der Waals surface area contributed by atoms with E-state index in [9.17, 15) is 9.90 Å². The molecule has 0 saturated heterocycles. The highest BCUT2D eigenvalue weighted by Crippen LogP contribution is 2.19. The van der Waals surface area contributed by atoms with Crippen LogP contribution in [0.25, 0.3) is 0 Å². The second-order valence-corrected chi connectivity index (χ2v) is 7.03. The zero-order chi connectivity index (χ0) is 19.6. The Morgan fingerprint density at radius 1 is 1.07 bits per heavy atom. The molecule has 0 fully saturated rings. The van der Waals surface area contributed by atoms with Crippen LogP contribution in [0.1, 0.15) is 37.3 Å². The topological polar surface area (TPSA) is 78.8 Å². The van der Waals surface area contributed by atoms with E-state index in [0.29, 0.717) is 6.54 Å². The van der Waals surface area contributed by atoms with E-state index in [2.05, 4.69) is 12.2 Å². The van der Waals surface area contributed by atoms with Crippen LogP contribution in [0, 0.1) is 0 Å². The second-order valence-electron chi connectivity index (χ2n) is 7.03. The van der Waals surface area contributed by atoms with Crippen molar-refractivity contribution in [1.82, 2.24) is 5.32 Å². The van der Waals surface area contributed by atoms with Gasteiger partial charge in [-0.15, -0.1) is 0 Å². The summed E-state index contributed by atoms with van der Waals surface area (Å²) in [7, 11) is 0. The summed E-state index contributed by atoms with van der Waals surface area (Å²) in [5.41, 5.74) is 2.21. The van der Waals surface area contributed by atoms with Crippen molar-refractivity contribution in [1.29, 1.82) is 0 Å². The van der Waals surface area contributed by atoms with E-state index in [-0.39, 0.29) is 25.0 Å². The van der Waals surface area contributed by atoms with E-state index in [1.165, 1.54) is 5.56 Å². The van der Waals surface area contributed by atoms with Gasteiger partial charge in [0.25, 0.3) is 0 Å². The third-order valence-electron chi connectivity index (χ3n) is 4.46. The number of aliphatic carboxylic acids is 1. The normalized spacial score (nSPS) is 14.3. The molecule has 0 bridgehead atoms. The SMILES string of the molecule is C[C@H](Cc1ccc([C@@H](C)CC(=O)O)cc1)NC[C@H](O)COc1ccccc1. The van der Waals surface area contributed by atoms with Gasteiger partial charge in [-0.2, -0.15) is 0 Å². The number of ether oxygens (including phenoxy) is 1. The van der Waals surface area contributed by atoms with E-state index in [4.69, 9.17) is 9.84 Å². The molecule has 2 rings (SSSR count). The summed E-state index contributed by atoms with van der Waals surface area (Å²) in [6.07, 6.45) is 0.395. The van der Waals surface area contributed by atoms with E-state index in [0.717, 1.165) is 17.7 Å². The largest absolute Gasteiger partial charge is 0.491 e. The molecule has 3 atom stereocenters. The molecule has 2 aromatic carbocycles. The molecule has 0 aliphatic rings. The summed E-state index contributed by atoms with van der Waals surface area (Å²) < 4.78 is 5.55. The molecule has 0 saturated carbocycles. The number of aliphatic hydroxyl groups excluding tert-OH is 1. The highest BCUT2D eigenvalue weighted by Gasteiger charge is 2.11. The molecule has 5 nitrogen and oxygen atoms in total. The quantitative estimate of drug-likeness (QED) is 0.565. The lowest BCUT2D eigenvalue weighted by Crippen LogP contribution is -2.37. The number of hydrogen-bond acceptors (Lipinski definition) is 4. The van der Waals surface area contributed by atoms with Crippen molar-refractivity contribution in [3.05, 3.63) is 65.7 Å². The van der Waals surface area contributed by atoms with Crippen molar-refractivity contribution in [2.75, 3.05) is 13.2 Å². The Morgan fingerprint density at radius 2 is 1.74 bits per heavy atom. The first-order valence-electron chi connectivity index (χ1n) is 9.34. The lowest BCUT2D eigenvalue weighted by atomic mass is 9.95. The highest BCUT2D eigenvalue weighted by atomic mass is 16.5. The van der Waals surface area contributed by atoms with Crippen molar-refractivity contribution < 1.29 is 19.7 Å². The zero-order valence-corrected chi connectivity index (χ0v) is 16.0. The average Bonchev–Trinajstić information content (AvgIpc) is 2.65. The first kappa shape index (κ1) is 20.9. The molecule has 0 heterocycles. The van der Waals surface area contributed by atoms with Gasteiger partial charge in [0.15, 0.2) is 0 Å². The van der Waals surface area contributed by atoms with Crippen LogP contribution >= 0.6 is 0 Å². The molecule has 27 heavy (non-hydrogen) atoms. The first-order valence-corrected chi connectivity index (χ1v) is 9.34. The monoisotopic (exact) mass is 371 g/mol. The molecule has 0 radical (unpaired) electrons. The Labute approximate surface area is 161 Å². The molecule has 0 spiro atoms. The molecule has 2 aromatic rings. The van der Waals surface area contributed by atoms with Crippen molar-refractivity contribution in [2.45, 2.75) is 44.8 Å². The Morgan fingerprint density at radius 3 is 2.37 bits per heavy atom. The fourth-order valence-corrected chi connectivity index (χ4v) is 2.89. The number of carbonyl (C=O) groups is 1. The molecule has 0 amide bonds. The summed E-state index contributed by atoms with van der Waals surface area (Å²) in [5.74, 6) is -0.0205. The third-order valence-corrected chi connectivity index (χ3v) is 4.46. The van der Waals surface area contributed by atoms with Crippen molar-refractivity contribution in [2.24, 2.45) is 0 Å². The van der Waals surface area contributed by atoms with Gasteiger partial charge in [-0.1, -0.05) is 49.4 Å². The number of aliphatic hydroxyl groups is 1. The van der Waals surface area contributed by atoms with Crippen LogP contribution in [0.15, 0.2) is 54.6 Å². The lowest BCUT2D eigenvalue weighted by molar-refractivity contribution is -0.137. The van der Waals surface area contributed by atoms with Crippen molar-refractivity contribution >= 4 is 5.97 Å². The highest BCUT2D eigenvalue weighted by molar-refractivity contribution is 5.67. The number of benzene rings is 2. The zero-order valence-electron chi connectivity index (χ0n) is 16.0. The Balaban J connectivity index is 1.71. The second kappa shape index (κ2) is 10.7. The van der Waals surface area contributed by atoms with Gasteiger partial charge >= 0.3 is 5.97 Å². The maximum atomic E-state index is 10.8. The maximum absolute atomic E-state index is 10.8. The Kier molecular flexibility index (Phi) is 8.30. The molecule has 0 aliphatic heterocycles. The first-order chi connectivity index (χ1) is 12.9. The average molecular weight is 371 g/mol. The summed E-state index contributed by atoms with van der Waals surface area (Å²) in [6.45, 7) is 4.71. The summed E-state index contributed by atoms with van der Waals surface area (Å²) in [5, 5.41) is 22.3. The van der Waals surface area contributed by atoms with Gasteiger partial charge in [-0.25, -0.2) is 0 Å². The molecule has 5 heteroatoms. The Bertz CT molecular complexity index is 687. The van der Waals surface area contributed by atoms with E-state index < -0.39 is 12.1 Å². The summed E-state index contributed by atoms with van der Waals surface area (Å²) in [6, 6.07) is 17.7. The van der Waals surface area contributed by atoms with Crippen LogP contribution in [-0.4, -0.2) is 41.5 Å². The number of carboxylic acids is 1. The van der Waals surface area contributed by atoms with Gasteiger partial charge in [0.05, 0.1) is 6.42 Å². The molecule has 0 aromatic heterocycles. The number of para-hydroxylation sites is 1. The number of nitrogens with one attached hydrogen (secondary N) is 1. The van der Waals surface area contributed by atoms with Crippen LogP contribution in [0.2, 0.25) is 0 Å². The fourth-order valence-electron chi connectivity index (χ4n) is 2.89. The standard InChI is InChI=1S/C22H29NO4/c1-16(12-22(25)26)19-10-8-18(9-11-19)13-17(2)23-14-20(24)15-27-21-6-4-3-5-7-21/h3-11,16-17,20,23-24H,12-15H2,1-2H3,(H,25,26)/t16-,17+,20-/m0/s1. The van der Waals surface area contributed by atoms with E-state index in [1.54, 1.807) is 0 Å². The van der Waals surface area contributed by atoms with Gasteiger partial charge in [0.1, 0.15) is 18.5 Å². The van der Waals surface area contributed by atoms with Gasteiger partial charge in [-0.05, 0) is 42.5 Å². The minimum absolute atomic E-state index is 0.00635. The summed E-state index contributed by atoms with van der Waals surface area (Å²) >= 11 is 0. The predicted octanol–water partition coefficient (Wildman–Crippen LogP) is 3.23. The number of hydrogen-bond donors (Lipinski definition) is 3. The summed E-state index contributed by atoms with van der Waals surface area (Å²) in [4.78, 5) is 10.8. The van der Waals surface area contributed by atoms with Gasteiger partial charge in [0.2, 0.25) is 0 Å². The third kappa shape index (κ3) is 7.81. The smallest absolute Gasteiger partial charge is 0.303 e. The van der Waals surface area contributed by atoms with Crippen LogP contribution in [-0.2, 0) is 11.2 Å². The number of rotatable bonds is 11. The minimum atomic E-state index is -0.779. The van der Waals surface area contributed by atoms with Gasteiger partial charge in [0, 0.05) is 12.6 Å². The molecular weight excluding hydrogens is 342 g/mol. The van der Waals surface area contributed by atoms with Crippen LogP contribution in [0.5, 0.6) is 5.75 Å². The molecular formula is C22H29NO4. The Hall–Kier alpha value is -2.37. The van der Waals surface area contributed by atoms with Crippen molar-refractivity contribution in [3.8, 4) is 5.75 Å². The minimum Gasteiger partial charge on any atom is -0.491 e. The van der Waals surface area contributed by atoms with Crippen LogP contribution in [0.4, 0.5) is 0 Å². The fraction of sp³-hybridized carbons (Fsp3) is 0.409. The van der Waals surface area contributed by atoms with Crippen molar-refractivity contribution in [3.63, 3.8) is 0 Å². The van der Waals surface area contributed by atoms with Crippen LogP contribution in [0.3, 0.4) is 0 Å². The molecule has 0 unspecified atom stereocenters.